The van der Waals surface area contributed by atoms with E-state index < -0.39 is 0 Å². The van der Waals surface area contributed by atoms with Crippen molar-refractivity contribution in [3.8, 4) is 5.75 Å². The third-order valence-electron chi connectivity index (χ3n) is 4.01. The van der Waals surface area contributed by atoms with Crippen molar-refractivity contribution in [1.29, 1.82) is 0 Å². The molecule has 1 aromatic rings. The standard InChI is InChI=1S/C15H24N2O/c1-2-15(12-6-4-3-5-7-12)17-10-13-8-9-14(18)11-16-13/h8-9,11-12,15,17-18H,2-7,10H2,1H3. The van der Waals surface area contributed by atoms with Gasteiger partial charge >= 0.3 is 0 Å². The highest BCUT2D eigenvalue weighted by atomic mass is 16.3. The molecule has 0 bridgehead atoms. The van der Waals surface area contributed by atoms with Crippen molar-refractivity contribution in [3.63, 3.8) is 0 Å². The molecule has 1 aliphatic rings. The molecule has 0 aromatic carbocycles. The van der Waals surface area contributed by atoms with E-state index in [2.05, 4.69) is 17.2 Å². The predicted molar refractivity (Wildman–Crippen MR) is 73.4 cm³/mol. The molecule has 0 aliphatic heterocycles. The van der Waals surface area contributed by atoms with Gasteiger partial charge in [0, 0.05) is 12.6 Å². The van der Waals surface area contributed by atoms with E-state index in [0.717, 1.165) is 18.2 Å². The van der Waals surface area contributed by atoms with E-state index >= 15 is 0 Å². The molecule has 3 nitrogen and oxygen atoms in total. The molecule has 18 heavy (non-hydrogen) atoms. The molecule has 0 spiro atoms. The lowest BCUT2D eigenvalue weighted by molar-refractivity contribution is 0.261. The Morgan fingerprint density at radius 1 is 1.33 bits per heavy atom. The molecule has 0 radical (unpaired) electrons. The van der Waals surface area contributed by atoms with Crippen LogP contribution in [0.2, 0.25) is 0 Å². The van der Waals surface area contributed by atoms with Gasteiger partial charge in [-0.3, -0.25) is 4.98 Å². The first-order valence-electron chi connectivity index (χ1n) is 7.17. The SMILES string of the molecule is CCC(NCc1ccc(O)cn1)C1CCCCC1. The molecule has 3 heteroatoms. The van der Waals surface area contributed by atoms with Gasteiger partial charge in [0.15, 0.2) is 0 Å². The van der Waals surface area contributed by atoms with Gasteiger partial charge in [0.05, 0.1) is 11.9 Å². The molecule has 1 aromatic heterocycles. The molecular formula is C15H24N2O. The van der Waals surface area contributed by atoms with E-state index in [1.54, 1.807) is 6.07 Å². The summed E-state index contributed by atoms with van der Waals surface area (Å²) >= 11 is 0. The molecule has 1 saturated carbocycles. The first-order valence-corrected chi connectivity index (χ1v) is 7.17. The van der Waals surface area contributed by atoms with Gasteiger partial charge in [0.25, 0.3) is 0 Å². The van der Waals surface area contributed by atoms with E-state index in [1.165, 1.54) is 44.7 Å². The van der Waals surface area contributed by atoms with Crippen molar-refractivity contribution in [1.82, 2.24) is 10.3 Å². The second-order valence-electron chi connectivity index (χ2n) is 5.30. The summed E-state index contributed by atoms with van der Waals surface area (Å²) in [5.74, 6) is 1.07. The molecule has 100 valence electrons. The maximum Gasteiger partial charge on any atom is 0.133 e. The third-order valence-corrected chi connectivity index (χ3v) is 4.01. The fraction of sp³-hybridized carbons (Fsp3) is 0.667. The van der Waals surface area contributed by atoms with Crippen LogP contribution >= 0.6 is 0 Å². The van der Waals surface area contributed by atoms with Gasteiger partial charge < -0.3 is 10.4 Å². The molecule has 0 amide bonds. The Bertz CT molecular complexity index is 344. The van der Waals surface area contributed by atoms with E-state index in [-0.39, 0.29) is 5.75 Å². The Labute approximate surface area is 110 Å². The van der Waals surface area contributed by atoms with E-state index in [0.29, 0.717) is 6.04 Å². The maximum absolute atomic E-state index is 9.20. The third kappa shape index (κ3) is 3.70. The zero-order chi connectivity index (χ0) is 12.8. The molecule has 1 aliphatic carbocycles. The van der Waals surface area contributed by atoms with Gasteiger partial charge in [-0.1, -0.05) is 26.2 Å². The van der Waals surface area contributed by atoms with Crippen LogP contribution in [0, 0.1) is 5.92 Å². The van der Waals surface area contributed by atoms with Crippen LogP contribution in [0.3, 0.4) is 0 Å². The normalized spacial score (nSPS) is 18.7. The number of aromatic nitrogens is 1. The molecule has 1 unspecified atom stereocenters. The quantitative estimate of drug-likeness (QED) is 0.841. The molecule has 2 rings (SSSR count). The van der Waals surface area contributed by atoms with Crippen LogP contribution in [0.5, 0.6) is 5.75 Å². The summed E-state index contributed by atoms with van der Waals surface area (Å²) in [6, 6.07) is 4.20. The second kappa shape index (κ2) is 6.74. The fourth-order valence-corrected chi connectivity index (χ4v) is 2.94. The van der Waals surface area contributed by atoms with Crippen LogP contribution in [0.15, 0.2) is 18.3 Å². The minimum atomic E-state index is 0.234. The highest BCUT2D eigenvalue weighted by Gasteiger charge is 2.21. The minimum Gasteiger partial charge on any atom is -0.506 e. The lowest BCUT2D eigenvalue weighted by atomic mass is 9.83. The van der Waals surface area contributed by atoms with E-state index in [1.807, 2.05) is 6.07 Å². The average Bonchev–Trinajstić information content (AvgIpc) is 2.43. The Kier molecular flexibility index (Phi) is 5.00. The predicted octanol–water partition coefficient (Wildman–Crippen LogP) is 3.24. The topological polar surface area (TPSA) is 45.1 Å². The first kappa shape index (κ1) is 13.3. The summed E-state index contributed by atoms with van der Waals surface area (Å²) in [5, 5.41) is 12.8. The van der Waals surface area contributed by atoms with Gasteiger partial charge in [-0.2, -0.15) is 0 Å². The van der Waals surface area contributed by atoms with Crippen molar-refractivity contribution < 1.29 is 5.11 Å². The van der Waals surface area contributed by atoms with Crippen LogP contribution in [-0.4, -0.2) is 16.1 Å². The summed E-state index contributed by atoms with van der Waals surface area (Å²) in [6.45, 7) is 3.06. The molecule has 1 heterocycles. The van der Waals surface area contributed by atoms with Gasteiger partial charge in [-0.15, -0.1) is 0 Å². The van der Waals surface area contributed by atoms with Gasteiger partial charge in [-0.05, 0) is 37.3 Å². The van der Waals surface area contributed by atoms with E-state index in [9.17, 15) is 5.11 Å². The van der Waals surface area contributed by atoms with Crippen molar-refractivity contribution in [3.05, 3.63) is 24.0 Å². The smallest absolute Gasteiger partial charge is 0.133 e. The van der Waals surface area contributed by atoms with Crippen LogP contribution in [0.25, 0.3) is 0 Å². The first-order chi connectivity index (χ1) is 8.79. The Hall–Kier alpha value is -1.09. The van der Waals surface area contributed by atoms with Crippen LogP contribution in [0.1, 0.15) is 51.1 Å². The summed E-state index contributed by atoms with van der Waals surface area (Å²) in [7, 11) is 0. The highest BCUT2D eigenvalue weighted by molar-refractivity contribution is 5.17. The zero-order valence-electron chi connectivity index (χ0n) is 11.2. The summed E-state index contributed by atoms with van der Waals surface area (Å²) in [6.07, 6.45) is 9.62. The monoisotopic (exact) mass is 248 g/mol. The fourth-order valence-electron chi connectivity index (χ4n) is 2.94. The Balaban J connectivity index is 1.84. The summed E-state index contributed by atoms with van der Waals surface area (Å²) < 4.78 is 0. The average molecular weight is 248 g/mol. The van der Waals surface area contributed by atoms with Gasteiger partial charge in [-0.25, -0.2) is 0 Å². The number of aromatic hydroxyl groups is 1. The molecular weight excluding hydrogens is 224 g/mol. The number of hydrogen-bond donors (Lipinski definition) is 2. The number of rotatable bonds is 5. The molecule has 1 fully saturated rings. The largest absolute Gasteiger partial charge is 0.506 e. The van der Waals surface area contributed by atoms with Crippen molar-refractivity contribution in [2.24, 2.45) is 5.92 Å². The Morgan fingerprint density at radius 2 is 2.11 bits per heavy atom. The molecule has 1 atom stereocenters. The Morgan fingerprint density at radius 3 is 2.72 bits per heavy atom. The van der Waals surface area contributed by atoms with Gasteiger partial charge in [0.2, 0.25) is 0 Å². The number of nitrogens with one attached hydrogen (secondary N) is 1. The van der Waals surface area contributed by atoms with Crippen LogP contribution < -0.4 is 5.32 Å². The number of nitrogens with zero attached hydrogens (tertiary/aromatic N) is 1. The van der Waals surface area contributed by atoms with Crippen molar-refractivity contribution in [2.75, 3.05) is 0 Å². The molecule has 2 N–H and O–H groups in total. The number of pyridine rings is 1. The summed E-state index contributed by atoms with van der Waals surface area (Å²) in [5.41, 5.74) is 1.00. The van der Waals surface area contributed by atoms with Crippen molar-refractivity contribution >= 4 is 0 Å². The van der Waals surface area contributed by atoms with Crippen molar-refractivity contribution in [2.45, 2.75) is 58.0 Å². The summed E-state index contributed by atoms with van der Waals surface area (Å²) in [4.78, 5) is 4.22. The zero-order valence-corrected chi connectivity index (χ0v) is 11.2. The molecule has 0 saturated heterocycles. The minimum absolute atomic E-state index is 0.234. The maximum atomic E-state index is 9.20. The highest BCUT2D eigenvalue weighted by Crippen LogP contribution is 2.27. The lowest BCUT2D eigenvalue weighted by Crippen LogP contribution is -2.36. The van der Waals surface area contributed by atoms with Crippen LogP contribution in [-0.2, 0) is 6.54 Å². The van der Waals surface area contributed by atoms with E-state index in [4.69, 9.17) is 0 Å². The van der Waals surface area contributed by atoms with Crippen LogP contribution in [0.4, 0.5) is 0 Å². The number of hydrogen-bond acceptors (Lipinski definition) is 3. The second-order valence-corrected chi connectivity index (χ2v) is 5.30. The van der Waals surface area contributed by atoms with Gasteiger partial charge in [0.1, 0.15) is 5.75 Å². The lowest BCUT2D eigenvalue weighted by Gasteiger charge is -2.30.